The van der Waals surface area contributed by atoms with Gasteiger partial charge in [-0.3, -0.25) is 0 Å². The van der Waals surface area contributed by atoms with Crippen LogP contribution in [-0.2, 0) is 0 Å². The van der Waals surface area contributed by atoms with Gasteiger partial charge in [0.2, 0.25) is 0 Å². The number of rotatable bonds is 2. The Morgan fingerprint density at radius 1 is 0.947 bits per heavy atom. The third kappa shape index (κ3) is 2.81. The van der Waals surface area contributed by atoms with E-state index in [1.54, 1.807) is 0 Å². The topological polar surface area (TPSA) is 24.9 Å². The van der Waals surface area contributed by atoms with Crippen molar-refractivity contribution >= 4 is 27.4 Å². The fraction of sp³-hybridized carbons (Fsp3) is 0.312. The summed E-state index contributed by atoms with van der Waals surface area (Å²) in [4.78, 5) is 4.55. The number of aromatic nitrogens is 1. The first kappa shape index (κ1) is 14.1. The van der Waals surface area contributed by atoms with Gasteiger partial charge in [0, 0.05) is 10.2 Å². The average molecular weight is 319 g/mol. The van der Waals surface area contributed by atoms with Crippen LogP contribution in [0.4, 0.5) is 11.5 Å². The minimum atomic E-state index is 0.886. The molecule has 2 aromatic rings. The van der Waals surface area contributed by atoms with E-state index in [2.05, 4.69) is 60.0 Å². The van der Waals surface area contributed by atoms with E-state index >= 15 is 0 Å². The molecule has 1 aromatic carbocycles. The molecular formula is C16H19BrN2. The fourth-order valence-corrected chi connectivity index (χ4v) is 2.37. The Kier molecular flexibility index (Phi) is 3.95. The van der Waals surface area contributed by atoms with Gasteiger partial charge in [0.25, 0.3) is 0 Å². The Balaban J connectivity index is 2.46. The molecule has 1 N–H and O–H groups in total. The highest BCUT2D eigenvalue weighted by atomic mass is 79.9. The molecule has 0 unspecified atom stereocenters. The molecule has 0 saturated heterocycles. The summed E-state index contributed by atoms with van der Waals surface area (Å²) < 4.78 is 1.03. The lowest BCUT2D eigenvalue weighted by Gasteiger charge is -2.17. The molecule has 0 aliphatic carbocycles. The third-order valence-corrected chi connectivity index (χ3v) is 4.48. The van der Waals surface area contributed by atoms with Gasteiger partial charge in [-0.1, -0.05) is 6.07 Å². The monoisotopic (exact) mass is 318 g/mol. The summed E-state index contributed by atoms with van der Waals surface area (Å²) in [6.07, 6.45) is 0. The highest BCUT2D eigenvalue weighted by Crippen LogP contribution is 2.29. The summed E-state index contributed by atoms with van der Waals surface area (Å²) in [5.41, 5.74) is 7.34. The summed E-state index contributed by atoms with van der Waals surface area (Å²) in [5.74, 6) is 0.886. The number of anilines is 2. The van der Waals surface area contributed by atoms with Gasteiger partial charge in [-0.05, 0) is 84.9 Å². The maximum absolute atomic E-state index is 4.55. The largest absolute Gasteiger partial charge is 0.340 e. The molecule has 2 nitrogen and oxygen atoms in total. The molecule has 1 heterocycles. The van der Waals surface area contributed by atoms with Gasteiger partial charge in [-0.25, -0.2) is 4.98 Å². The number of benzene rings is 1. The zero-order valence-electron chi connectivity index (χ0n) is 12.1. The van der Waals surface area contributed by atoms with Crippen LogP contribution >= 0.6 is 15.9 Å². The van der Waals surface area contributed by atoms with Crippen molar-refractivity contribution in [2.45, 2.75) is 34.6 Å². The second-order valence-corrected chi connectivity index (χ2v) is 5.88. The summed E-state index contributed by atoms with van der Waals surface area (Å²) in [6, 6.07) is 6.25. The molecule has 0 fully saturated rings. The summed E-state index contributed by atoms with van der Waals surface area (Å²) in [6.45, 7) is 10.6. The van der Waals surface area contributed by atoms with Crippen molar-refractivity contribution in [2.75, 3.05) is 5.32 Å². The molecular weight excluding hydrogens is 300 g/mol. The molecule has 3 heteroatoms. The number of hydrogen-bond acceptors (Lipinski definition) is 2. The van der Waals surface area contributed by atoms with Crippen LogP contribution < -0.4 is 5.32 Å². The molecule has 1 aromatic heterocycles. The standard InChI is InChI=1S/C16H19BrN2/c1-9-8-10(2)12(4)16(11(9)3)19-15-7-6-14(17)13(5)18-15/h6-8H,1-5H3,(H,18,19). The third-order valence-electron chi connectivity index (χ3n) is 3.64. The number of halogens is 1. The lowest BCUT2D eigenvalue weighted by molar-refractivity contribution is 1.16. The Morgan fingerprint density at radius 2 is 1.53 bits per heavy atom. The van der Waals surface area contributed by atoms with E-state index in [4.69, 9.17) is 0 Å². The smallest absolute Gasteiger partial charge is 0.130 e. The van der Waals surface area contributed by atoms with Gasteiger partial charge in [0.15, 0.2) is 0 Å². The molecule has 0 aliphatic rings. The highest BCUT2D eigenvalue weighted by Gasteiger charge is 2.09. The van der Waals surface area contributed by atoms with Crippen LogP contribution in [0.15, 0.2) is 22.7 Å². The summed E-state index contributed by atoms with van der Waals surface area (Å²) >= 11 is 3.48. The first-order valence-corrected chi connectivity index (χ1v) is 7.17. The zero-order valence-corrected chi connectivity index (χ0v) is 13.6. The number of nitrogens with one attached hydrogen (secondary N) is 1. The molecule has 100 valence electrons. The van der Waals surface area contributed by atoms with Crippen LogP contribution in [0.3, 0.4) is 0 Å². The Hall–Kier alpha value is -1.35. The maximum Gasteiger partial charge on any atom is 0.130 e. The lowest BCUT2D eigenvalue weighted by atomic mass is 9.99. The van der Waals surface area contributed by atoms with Crippen LogP contribution in [0, 0.1) is 34.6 Å². The normalized spacial score (nSPS) is 10.6. The number of hydrogen-bond donors (Lipinski definition) is 1. The minimum Gasteiger partial charge on any atom is -0.340 e. The Morgan fingerprint density at radius 3 is 2.05 bits per heavy atom. The van der Waals surface area contributed by atoms with Crippen LogP contribution in [0.2, 0.25) is 0 Å². The average Bonchev–Trinajstić information content (AvgIpc) is 2.36. The van der Waals surface area contributed by atoms with Crippen molar-refractivity contribution in [3.05, 3.63) is 50.6 Å². The van der Waals surface area contributed by atoms with E-state index in [9.17, 15) is 0 Å². The number of aryl methyl sites for hydroxylation is 3. The zero-order chi connectivity index (χ0) is 14.2. The van der Waals surface area contributed by atoms with Crippen molar-refractivity contribution in [1.82, 2.24) is 4.98 Å². The molecule has 19 heavy (non-hydrogen) atoms. The number of nitrogens with zero attached hydrogens (tertiary/aromatic N) is 1. The van der Waals surface area contributed by atoms with Crippen LogP contribution in [0.5, 0.6) is 0 Å². The van der Waals surface area contributed by atoms with Gasteiger partial charge < -0.3 is 5.32 Å². The van der Waals surface area contributed by atoms with Crippen molar-refractivity contribution in [1.29, 1.82) is 0 Å². The van der Waals surface area contributed by atoms with Crippen molar-refractivity contribution in [3.8, 4) is 0 Å². The minimum absolute atomic E-state index is 0.886. The summed E-state index contributed by atoms with van der Waals surface area (Å²) in [5, 5.41) is 3.46. The highest BCUT2D eigenvalue weighted by molar-refractivity contribution is 9.10. The van der Waals surface area contributed by atoms with Crippen LogP contribution in [-0.4, -0.2) is 4.98 Å². The quantitative estimate of drug-likeness (QED) is 0.830. The first-order valence-electron chi connectivity index (χ1n) is 6.37. The molecule has 2 rings (SSSR count). The van der Waals surface area contributed by atoms with E-state index in [0.29, 0.717) is 0 Å². The Bertz CT molecular complexity index is 607. The van der Waals surface area contributed by atoms with Gasteiger partial charge in [0.1, 0.15) is 5.82 Å². The van der Waals surface area contributed by atoms with E-state index in [-0.39, 0.29) is 0 Å². The Labute approximate surface area is 123 Å². The van der Waals surface area contributed by atoms with Gasteiger partial charge in [0.05, 0.1) is 5.69 Å². The fourth-order valence-electron chi connectivity index (χ4n) is 2.15. The molecule has 0 radical (unpaired) electrons. The maximum atomic E-state index is 4.55. The predicted molar refractivity (Wildman–Crippen MR) is 85.3 cm³/mol. The molecule has 0 spiro atoms. The lowest BCUT2D eigenvalue weighted by Crippen LogP contribution is -2.02. The molecule has 0 aliphatic heterocycles. The van der Waals surface area contributed by atoms with Crippen molar-refractivity contribution < 1.29 is 0 Å². The summed E-state index contributed by atoms with van der Waals surface area (Å²) in [7, 11) is 0. The van der Waals surface area contributed by atoms with E-state index in [1.165, 1.54) is 27.9 Å². The van der Waals surface area contributed by atoms with Crippen LogP contribution in [0.25, 0.3) is 0 Å². The predicted octanol–water partition coefficient (Wildman–Crippen LogP) is 5.13. The van der Waals surface area contributed by atoms with Crippen LogP contribution in [0.1, 0.15) is 27.9 Å². The van der Waals surface area contributed by atoms with Gasteiger partial charge in [-0.15, -0.1) is 0 Å². The molecule has 0 atom stereocenters. The number of pyridine rings is 1. The second-order valence-electron chi connectivity index (χ2n) is 5.02. The molecule has 0 saturated carbocycles. The van der Waals surface area contributed by atoms with E-state index in [0.717, 1.165) is 16.0 Å². The molecule has 0 amide bonds. The van der Waals surface area contributed by atoms with E-state index < -0.39 is 0 Å². The SMILES string of the molecule is Cc1cc(C)c(C)c(Nc2ccc(Br)c(C)n2)c1C. The van der Waals surface area contributed by atoms with Crippen molar-refractivity contribution in [3.63, 3.8) is 0 Å². The first-order chi connectivity index (χ1) is 8.90. The van der Waals surface area contributed by atoms with Crippen molar-refractivity contribution in [2.24, 2.45) is 0 Å². The van der Waals surface area contributed by atoms with E-state index in [1.807, 2.05) is 19.1 Å². The van der Waals surface area contributed by atoms with Gasteiger partial charge in [-0.2, -0.15) is 0 Å². The van der Waals surface area contributed by atoms with Gasteiger partial charge >= 0.3 is 0 Å². The molecule has 0 bridgehead atoms. The second kappa shape index (κ2) is 5.33.